The van der Waals surface area contributed by atoms with Crippen molar-refractivity contribution in [3.8, 4) is 5.75 Å². The van der Waals surface area contributed by atoms with Crippen LogP contribution in [0.1, 0.15) is 11.1 Å². The summed E-state index contributed by atoms with van der Waals surface area (Å²) in [7, 11) is 1.63. The molecule has 10 heteroatoms. The van der Waals surface area contributed by atoms with Gasteiger partial charge < -0.3 is 19.7 Å². The molecular formula is C22H24BrN7O2. The number of anilines is 3. The molecule has 0 radical (unpaired) electrons. The number of halogens is 1. The van der Waals surface area contributed by atoms with E-state index in [0.717, 1.165) is 34.4 Å². The van der Waals surface area contributed by atoms with E-state index in [4.69, 9.17) is 9.47 Å². The normalized spacial score (nSPS) is 13.9. The van der Waals surface area contributed by atoms with Crippen LogP contribution >= 0.6 is 15.9 Å². The Morgan fingerprint density at radius 3 is 2.62 bits per heavy atom. The van der Waals surface area contributed by atoms with Crippen LogP contribution in [0.15, 0.2) is 58.1 Å². The summed E-state index contributed by atoms with van der Waals surface area (Å²) in [5, 5.41) is 7.57. The molecule has 9 nitrogen and oxygen atoms in total. The van der Waals surface area contributed by atoms with Gasteiger partial charge in [0.05, 0.1) is 31.0 Å². The fourth-order valence-electron chi connectivity index (χ4n) is 3.10. The second-order valence-corrected chi connectivity index (χ2v) is 7.84. The highest BCUT2D eigenvalue weighted by molar-refractivity contribution is 9.10. The molecule has 166 valence electrons. The molecule has 1 aliphatic rings. The Kier molecular flexibility index (Phi) is 7.47. The van der Waals surface area contributed by atoms with Gasteiger partial charge in [0.1, 0.15) is 5.75 Å². The highest BCUT2D eigenvalue weighted by Gasteiger charge is 2.16. The molecule has 0 atom stereocenters. The molecule has 1 aliphatic heterocycles. The van der Waals surface area contributed by atoms with Crippen LogP contribution < -0.4 is 20.4 Å². The Labute approximate surface area is 195 Å². The fourth-order valence-corrected chi connectivity index (χ4v) is 3.66. The smallest absolute Gasteiger partial charge is 0.250 e. The van der Waals surface area contributed by atoms with Gasteiger partial charge in [0, 0.05) is 19.6 Å². The summed E-state index contributed by atoms with van der Waals surface area (Å²) in [5.74, 6) is 2.19. The fraction of sp³-hybridized carbons (Fsp3) is 0.273. The summed E-state index contributed by atoms with van der Waals surface area (Å²) in [6.45, 7) is 3.35. The van der Waals surface area contributed by atoms with Crippen molar-refractivity contribution in [1.82, 2.24) is 15.0 Å². The molecule has 2 heterocycles. The highest BCUT2D eigenvalue weighted by Crippen LogP contribution is 2.25. The number of hydrogen-bond donors (Lipinski definition) is 2. The van der Waals surface area contributed by atoms with Crippen LogP contribution in [-0.2, 0) is 11.3 Å². The molecular weight excluding hydrogens is 474 g/mol. The number of morpholine rings is 1. The lowest BCUT2D eigenvalue weighted by molar-refractivity contribution is 0.122. The number of nitrogens with zero attached hydrogens (tertiary/aromatic N) is 5. The molecule has 1 saturated heterocycles. The average Bonchev–Trinajstić information content (AvgIpc) is 2.84. The molecule has 3 aromatic rings. The molecule has 0 unspecified atom stereocenters. The van der Waals surface area contributed by atoms with Crippen molar-refractivity contribution in [2.75, 3.05) is 49.1 Å². The van der Waals surface area contributed by atoms with Gasteiger partial charge in [-0.3, -0.25) is 0 Å². The predicted octanol–water partition coefficient (Wildman–Crippen LogP) is 3.54. The van der Waals surface area contributed by atoms with E-state index in [-0.39, 0.29) is 0 Å². The third-order valence-corrected chi connectivity index (χ3v) is 5.38. The number of aromatic nitrogens is 3. The van der Waals surface area contributed by atoms with Crippen LogP contribution in [0.4, 0.5) is 17.8 Å². The number of hydrogen-bond acceptors (Lipinski definition) is 9. The van der Waals surface area contributed by atoms with Crippen molar-refractivity contribution in [3.05, 3.63) is 64.1 Å². The number of nitrogens with one attached hydrogen (secondary N) is 2. The molecule has 2 aromatic carbocycles. The lowest BCUT2D eigenvalue weighted by Gasteiger charge is -2.27. The number of hydrazone groups is 1. The summed E-state index contributed by atoms with van der Waals surface area (Å²) >= 11 is 3.48. The van der Waals surface area contributed by atoms with Crippen molar-refractivity contribution < 1.29 is 9.47 Å². The molecule has 1 fully saturated rings. The predicted molar refractivity (Wildman–Crippen MR) is 129 cm³/mol. The van der Waals surface area contributed by atoms with E-state index in [9.17, 15) is 0 Å². The maximum atomic E-state index is 5.45. The van der Waals surface area contributed by atoms with Gasteiger partial charge in [-0.2, -0.15) is 20.1 Å². The van der Waals surface area contributed by atoms with Crippen LogP contribution in [0.2, 0.25) is 0 Å². The van der Waals surface area contributed by atoms with Crippen molar-refractivity contribution in [1.29, 1.82) is 0 Å². The molecule has 0 saturated carbocycles. The maximum Gasteiger partial charge on any atom is 0.250 e. The van der Waals surface area contributed by atoms with Crippen LogP contribution in [0.25, 0.3) is 0 Å². The first kappa shape index (κ1) is 22.0. The van der Waals surface area contributed by atoms with Crippen LogP contribution in [-0.4, -0.2) is 54.6 Å². The highest BCUT2D eigenvalue weighted by atomic mass is 79.9. The van der Waals surface area contributed by atoms with Gasteiger partial charge in [-0.05, 0) is 45.3 Å². The van der Waals surface area contributed by atoms with Gasteiger partial charge in [0.15, 0.2) is 0 Å². The van der Waals surface area contributed by atoms with E-state index in [1.807, 2.05) is 48.5 Å². The topological polar surface area (TPSA) is 96.8 Å². The third-order valence-electron chi connectivity index (χ3n) is 4.77. The molecule has 0 amide bonds. The summed E-state index contributed by atoms with van der Waals surface area (Å²) in [5.41, 5.74) is 4.96. The van der Waals surface area contributed by atoms with Crippen LogP contribution in [0.5, 0.6) is 5.75 Å². The van der Waals surface area contributed by atoms with Gasteiger partial charge in [-0.1, -0.05) is 30.3 Å². The number of ether oxygens (including phenoxy) is 2. The number of benzene rings is 2. The van der Waals surface area contributed by atoms with Gasteiger partial charge in [0.25, 0.3) is 0 Å². The second kappa shape index (κ2) is 10.9. The monoisotopic (exact) mass is 497 g/mol. The standard InChI is InChI=1S/C22H24BrN7O2/c1-31-19-8-7-17(13-18(19)23)15-25-29-21-26-20(24-14-16-5-3-2-4-6-16)27-22(28-21)30-9-11-32-12-10-30/h2-8,13,15H,9-12,14H2,1H3,(H2,24,26,27,28,29). The molecule has 2 N–H and O–H groups in total. The van der Waals surface area contributed by atoms with Crippen molar-refractivity contribution >= 4 is 40.0 Å². The first-order chi connectivity index (χ1) is 15.7. The lowest BCUT2D eigenvalue weighted by atomic mass is 10.2. The summed E-state index contributed by atoms with van der Waals surface area (Å²) in [6, 6.07) is 15.8. The minimum absolute atomic E-state index is 0.362. The molecule has 0 aliphatic carbocycles. The van der Waals surface area contributed by atoms with Gasteiger partial charge in [-0.15, -0.1) is 0 Å². The summed E-state index contributed by atoms with van der Waals surface area (Å²) < 4.78 is 11.6. The van der Waals surface area contributed by atoms with Gasteiger partial charge in [-0.25, -0.2) is 5.43 Å². The second-order valence-electron chi connectivity index (χ2n) is 6.99. The van der Waals surface area contributed by atoms with E-state index in [1.54, 1.807) is 13.3 Å². The van der Waals surface area contributed by atoms with Gasteiger partial charge >= 0.3 is 0 Å². The van der Waals surface area contributed by atoms with Crippen LogP contribution in [0.3, 0.4) is 0 Å². The van der Waals surface area contributed by atoms with Crippen molar-refractivity contribution in [3.63, 3.8) is 0 Å². The average molecular weight is 498 g/mol. The first-order valence-corrected chi connectivity index (χ1v) is 11.0. The Balaban J connectivity index is 1.50. The minimum atomic E-state index is 0.362. The van der Waals surface area contributed by atoms with E-state index in [2.05, 4.69) is 51.6 Å². The summed E-state index contributed by atoms with van der Waals surface area (Å²) in [6.07, 6.45) is 1.69. The first-order valence-electron chi connectivity index (χ1n) is 10.2. The Hall–Kier alpha value is -3.24. The number of rotatable bonds is 8. The Bertz CT molecular complexity index is 1060. The summed E-state index contributed by atoms with van der Waals surface area (Å²) in [4.78, 5) is 15.7. The zero-order valence-corrected chi connectivity index (χ0v) is 19.2. The Morgan fingerprint density at radius 1 is 1.09 bits per heavy atom. The van der Waals surface area contributed by atoms with Gasteiger partial charge in [0.2, 0.25) is 17.8 Å². The SMILES string of the molecule is COc1ccc(C=NNc2nc(NCc3ccccc3)nc(N3CCOCC3)n2)cc1Br. The zero-order chi connectivity index (χ0) is 22.2. The molecule has 1 aromatic heterocycles. The van der Waals surface area contributed by atoms with Crippen LogP contribution in [0, 0.1) is 0 Å². The van der Waals surface area contributed by atoms with E-state index in [0.29, 0.717) is 37.6 Å². The quantitative estimate of drug-likeness (QED) is 0.360. The molecule has 4 rings (SSSR count). The zero-order valence-electron chi connectivity index (χ0n) is 17.7. The molecule has 0 bridgehead atoms. The number of methoxy groups -OCH3 is 1. The Morgan fingerprint density at radius 2 is 1.88 bits per heavy atom. The largest absolute Gasteiger partial charge is 0.496 e. The molecule has 0 spiro atoms. The lowest BCUT2D eigenvalue weighted by Crippen LogP contribution is -2.37. The minimum Gasteiger partial charge on any atom is -0.496 e. The molecule has 32 heavy (non-hydrogen) atoms. The maximum absolute atomic E-state index is 5.45. The van der Waals surface area contributed by atoms with Crippen molar-refractivity contribution in [2.24, 2.45) is 5.10 Å². The van der Waals surface area contributed by atoms with Crippen molar-refractivity contribution in [2.45, 2.75) is 6.54 Å². The third kappa shape index (κ3) is 5.92. The van der Waals surface area contributed by atoms with E-state index >= 15 is 0 Å². The van der Waals surface area contributed by atoms with E-state index in [1.165, 1.54) is 0 Å². The van der Waals surface area contributed by atoms with E-state index < -0.39 is 0 Å².